The van der Waals surface area contributed by atoms with E-state index in [1.165, 1.54) is 23.4 Å². The summed E-state index contributed by atoms with van der Waals surface area (Å²) in [5, 5.41) is 4.11. The van der Waals surface area contributed by atoms with Crippen molar-refractivity contribution in [2.75, 3.05) is 19.6 Å². The Balaban J connectivity index is 1.45. The quantitative estimate of drug-likeness (QED) is 0.873. The van der Waals surface area contributed by atoms with Crippen LogP contribution in [0.2, 0.25) is 0 Å². The van der Waals surface area contributed by atoms with E-state index in [1.807, 2.05) is 0 Å². The molecule has 1 saturated heterocycles. The third-order valence-corrected chi connectivity index (χ3v) is 5.85. The van der Waals surface area contributed by atoms with Gasteiger partial charge in [-0.05, 0) is 38.5 Å². The number of carbonyl (C=O) groups is 2. The second-order valence-electron chi connectivity index (χ2n) is 6.35. The van der Waals surface area contributed by atoms with Crippen LogP contribution >= 0.6 is 11.3 Å². The second kappa shape index (κ2) is 7.29. The van der Waals surface area contributed by atoms with E-state index in [9.17, 15) is 9.59 Å². The third kappa shape index (κ3) is 4.02. The van der Waals surface area contributed by atoms with Crippen LogP contribution in [0, 0.1) is 5.92 Å². The molecule has 23 heavy (non-hydrogen) atoms. The summed E-state index contributed by atoms with van der Waals surface area (Å²) < 4.78 is 0. The number of primary amides is 1. The number of rotatable bonds is 4. The van der Waals surface area contributed by atoms with E-state index in [0.717, 1.165) is 37.1 Å². The monoisotopic (exact) mass is 336 g/mol. The minimum atomic E-state index is -0.434. The van der Waals surface area contributed by atoms with Crippen molar-refractivity contribution >= 4 is 23.3 Å². The van der Waals surface area contributed by atoms with Gasteiger partial charge in [-0.2, -0.15) is 0 Å². The highest BCUT2D eigenvalue weighted by Gasteiger charge is 2.27. The van der Waals surface area contributed by atoms with Crippen molar-refractivity contribution in [3.63, 3.8) is 0 Å². The lowest BCUT2D eigenvalue weighted by Gasteiger charge is -2.30. The lowest BCUT2D eigenvalue weighted by atomic mass is 9.97. The van der Waals surface area contributed by atoms with Crippen molar-refractivity contribution in [2.45, 2.75) is 44.9 Å². The van der Waals surface area contributed by atoms with Crippen LogP contribution < -0.4 is 11.1 Å². The summed E-state index contributed by atoms with van der Waals surface area (Å²) in [6, 6.07) is -0.434. The van der Waals surface area contributed by atoms with Gasteiger partial charge in [-0.25, -0.2) is 9.78 Å². The molecule has 1 aromatic heterocycles. The summed E-state index contributed by atoms with van der Waals surface area (Å²) in [6.07, 6.45) is 7.21. The first-order valence-corrected chi connectivity index (χ1v) is 9.24. The molecule has 0 unspecified atom stereocenters. The Morgan fingerprint density at radius 1 is 1.30 bits per heavy atom. The Morgan fingerprint density at radius 2 is 2.13 bits per heavy atom. The fourth-order valence-corrected chi connectivity index (χ4v) is 4.50. The Bertz CT molecular complexity index is 563. The summed E-state index contributed by atoms with van der Waals surface area (Å²) in [5.74, 6) is -0.113. The van der Waals surface area contributed by atoms with E-state index in [1.54, 1.807) is 16.2 Å². The largest absolute Gasteiger partial charge is 0.355 e. The van der Waals surface area contributed by atoms with Crippen molar-refractivity contribution < 1.29 is 9.59 Å². The number of nitrogens with zero attached hydrogens (tertiary/aromatic N) is 2. The van der Waals surface area contributed by atoms with Crippen LogP contribution in [0.15, 0.2) is 0 Å². The molecule has 3 N–H and O–H groups in total. The molecule has 2 heterocycles. The van der Waals surface area contributed by atoms with Gasteiger partial charge in [0.25, 0.3) is 0 Å². The molecule has 1 aliphatic heterocycles. The van der Waals surface area contributed by atoms with Crippen LogP contribution in [0.4, 0.5) is 4.79 Å². The molecule has 0 bridgehead atoms. The maximum Gasteiger partial charge on any atom is 0.314 e. The highest BCUT2D eigenvalue weighted by atomic mass is 32.1. The number of thiazole rings is 1. The molecule has 3 amide bonds. The van der Waals surface area contributed by atoms with Gasteiger partial charge in [0.05, 0.1) is 16.6 Å². The lowest BCUT2D eigenvalue weighted by molar-refractivity contribution is -0.126. The highest BCUT2D eigenvalue weighted by Crippen LogP contribution is 2.26. The standard InChI is InChI=1S/C16H24N4O2S/c17-16(22)20-9-3-4-11(10-20)15(21)18-8-7-14-19-12-5-1-2-6-13(12)23-14/h11H,1-10H2,(H2,17,22)(H,18,21)/t11-/m0/s1. The smallest absolute Gasteiger partial charge is 0.314 e. The molecule has 3 rings (SSSR count). The molecule has 6 nitrogen and oxygen atoms in total. The molecule has 0 aromatic carbocycles. The maximum absolute atomic E-state index is 12.2. The normalized spacial score (nSPS) is 20.9. The number of aryl methyl sites for hydroxylation is 2. The zero-order valence-corrected chi connectivity index (χ0v) is 14.2. The molecule has 2 aliphatic rings. The van der Waals surface area contributed by atoms with Crippen LogP contribution in [0.1, 0.15) is 41.3 Å². The molecule has 7 heteroatoms. The van der Waals surface area contributed by atoms with Crippen molar-refractivity contribution in [3.8, 4) is 0 Å². The van der Waals surface area contributed by atoms with Crippen LogP contribution in [0.5, 0.6) is 0 Å². The number of urea groups is 1. The molecular formula is C16H24N4O2S. The number of aromatic nitrogens is 1. The SMILES string of the molecule is NC(=O)N1CCC[C@H](C(=O)NCCc2nc3c(s2)CCCC3)C1. The molecule has 0 saturated carbocycles. The second-order valence-corrected chi connectivity index (χ2v) is 7.52. The Kier molecular flexibility index (Phi) is 5.15. The van der Waals surface area contributed by atoms with Gasteiger partial charge >= 0.3 is 6.03 Å². The Labute approximate surface area is 140 Å². The van der Waals surface area contributed by atoms with Crippen molar-refractivity contribution in [1.82, 2.24) is 15.2 Å². The zero-order valence-electron chi connectivity index (χ0n) is 13.3. The molecule has 0 spiro atoms. The number of hydrogen-bond acceptors (Lipinski definition) is 4. The van der Waals surface area contributed by atoms with Crippen molar-refractivity contribution in [1.29, 1.82) is 0 Å². The van der Waals surface area contributed by atoms with Gasteiger partial charge in [0.2, 0.25) is 5.91 Å². The van der Waals surface area contributed by atoms with Gasteiger partial charge < -0.3 is 16.0 Å². The predicted octanol–water partition coefficient (Wildman–Crippen LogP) is 1.47. The number of amides is 3. The molecule has 126 valence electrons. The summed E-state index contributed by atoms with van der Waals surface area (Å²) in [7, 11) is 0. The van der Waals surface area contributed by atoms with E-state index in [4.69, 9.17) is 10.7 Å². The fourth-order valence-electron chi connectivity index (χ4n) is 3.34. The van der Waals surface area contributed by atoms with Crippen molar-refractivity contribution in [3.05, 3.63) is 15.6 Å². The fraction of sp³-hybridized carbons (Fsp3) is 0.688. The number of likely N-dealkylation sites (tertiary alicyclic amines) is 1. The van der Waals surface area contributed by atoms with Crippen LogP contribution in [-0.2, 0) is 24.1 Å². The van der Waals surface area contributed by atoms with E-state index >= 15 is 0 Å². The average Bonchev–Trinajstić information content (AvgIpc) is 2.97. The summed E-state index contributed by atoms with van der Waals surface area (Å²) in [6.45, 7) is 1.70. The molecule has 0 radical (unpaired) electrons. The molecular weight excluding hydrogens is 312 g/mol. The number of piperidine rings is 1. The number of hydrogen-bond donors (Lipinski definition) is 2. The minimum Gasteiger partial charge on any atom is -0.355 e. The molecule has 1 atom stereocenters. The topological polar surface area (TPSA) is 88.3 Å². The van der Waals surface area contributed by atoms with Crippen LogP contribution in [-0.4, -0.2) is 41.5 Å². The van der Waals surface area contributed by atoms with Crippen LogP contribution in [0.3, 0.4) is 0 Å². The third-order valence-electron chi connectivity index (χ3n) is 4.63. The number of fused-ring (bicyclic) bond motifs is 1. The number of carbonyl (C=O) groups excluding carboxylic acids is 2. The Hall–Kier alpha value is -1.63. The van der Waals surface area contributed by atoms with Gasteiger partial charge in [-0.3, -0.25) is 4.79 Å². The van der Waals surface area contributed by atoms with E-state index in [-0.39, 0.29) is 11.8 Å². The predicted molar refractivity (Wildman–Crippen MR) is 89.4 cm³/mol. The Morgan fingerprint density at radius 3 is 2.91 bits per heavy atom. The summed E-state index contributed by atoms with van der Waals surface area (Å²) in [4.78, 5) is 31.2. The summed E-state index contributed by atoms with van der Waals surface area (Å²) >= 11 is 1.80. The first-order chi connectivity index (χ1) is 11.1. The minimum absolute atomic E-state index is 0.0252. The van der Waals surface area contributed by atoms with Gasteiger partial charge in [-0.15, -0.1) is 11.3 Å². The number of nitrogens with one attached hydrogen (secondary N) is 1. The molecule has 1 aliphatic carbocycles. The van der Waals surface area contributed by atoms with Gasteiger partial charge in [-0.1, -0.05) is 0 Å². The first-order valence-electron chi connectivity index (χ1n) is 8.43. The van der Waals surface area contributed by atoms with Gasteiger partial charge in [0.1, 0.15) is 0 Å². The highest BCUT2D eigenvalue weighted by molar-refractivity contribution is 7.11. The maximum atomic E-state index is 12.2. The van der Waals surface area contributed by atoms with E-state index in [0.29, 0.717) is 19.6 Å². The summed E-state index contributed by atoms with van der Waals surface area (Å²) in [5.41, 5.74) is 6.57. The van der Waals surface area contributed by atoms with Gasteiger partial charge in [0, 0.05) is 30.9 Å². The lowest BCUT2D eigenvalue weighted by Crippen LogP contribution is -2.47. The van der Waals surface area contributed by atoms with Gasteiger partial charge in [0.15, 0.2) is 0 Å². The van der Waals surface area contributed by atoms with E-state index in [2.05, 4.69) is 5.32 Å². The molecule has 1 aromatic rings. The number of nitrogens with two attached hydrogens (primary N) is 1. The van der Waals surface area contributed by atoms with Crippen molar-refractivity contribution in [2.24, 2.45) is 11.7 Å². The molecule has 1 fully saturated rings. The van der Waals surface area contributed by atoms with Crippen LogP contribution in [0.25, 0.3) is 0 Å². The zero-order chi connectivity index (χ0) is 16.2. The van der Waals surface area contributed by atoms with E-state index < -0.39 is 6.03 Å². The average molecular weight is 336 g/mol. The first kappa shape index (κ1) is 16.2.